The maximum absolute atomic E-state index is 15.3. The van der Waals surface area contributed by atoms with E-state index in [1.54, 1.807) is 32.2 Å². The average molecular weight is 447 g/mol. The molecule has 8 heteroatoms. The molecule has 0 unspecified atom stereocenters. The Morgan fingerprint density at radius 1 is 1.06 bits per heavy atom. The predicted molar refractivity (Wildman–Crippen MR) is 118 cm³/mol. The molecule has 33 heavy (non-hydrogen) atoms. The maximum Gasteiger partial charge on any atom is 0.335 e. The lowest BCUT2D eigenvalue weighted by Crippen LogP contribution is -2.26. The molecule has 0 saturated carbocycles. The first-order valence-electron chi connectivity index (χ1n) is 10.0. The Labute approximate surface area is 187 Å². The van der Waals surface area contributed by atoms with Gasteiger partial charge < -0.3 is 10.2 Å². The molecule has 0 aliphatic heterocycles. The number of fused-ring (bicyclic) bond motifs is 1. The van der Waals surface area contributed by atoms with Gasteiger partial charge in [-0.3, -0.25) is 4.68 Å². The van der Waals surface area contributed by atoms with Gasteiger partial charge in [-0.15, -0.1) is 0 Å². The average Bonchev–Trinajstić information content (AvgIpc) is 3.12. The zero-order chi connectivity index (χ0) is 23.9. The van der Waals surface area contributed by atoms with Gasteiger partial charge in [-0.2, -0.15) is 10.4 Å². The normalized spacial score (nSPS) is 11.5. The van der Waals surface area contributed by atoms with Crippen molar-refractivity contribution in [1.29, 1.82) is 5.26 Å². The molecule has 4 aromatic rings. The van der Waals surface area contributed by atoms with Gasteiger partial charge in [-0.05, 0) is 60.9 Å². The van der Waals surface area contributed by atoms with Gasteiger partial charge in [0, 0.05) is 17.0 Å². The number of carbonyl (C=O) groups is 1. The van der Waals surface area contributed by atoms with Gasteiger partial charge in [-0.1, -0.05) is 12.1 Å². The number of carboxylic acid groups (broad SMARTS) is 1. The van der Waals surface area contributed by atoms with E-state index < -0.39 is 23.2 Å². The third kappa shape index (κ3) is 4.31. The molecule has 0 bridgehead atoms. The van der Waals surface area contributed by atoms with E-state index in [0.29, 0.717) is 27.6 Å². The first kappa shape index (κ1) is 22.1. The summed E-state index contributed by atoms with van der Waals surface area (Å²) in [7, 11) is 0. The number of benzene rings is 3. The van der Waals surface area contributed by atoms with E-state index >= 15 is 4.39 Å². The molecule has 0 saturated heterocycles. The molecule has 3 aromatic carbocycles. The second kappa shape index (κ2) is 8.11. The van der Waals surface area contributed by atoms with Crippen LogP contribution in [0.2, 0.25) is 0 Å². The molecule has 0 aliphatic rings. The highest BCUT2D eigenvalue weighted by molar-refractivity contribution is 5.95. The quantitative estimate of drug-likeness (QED) is 0.449. The smallest absolute Gasteiger partial charge is 0.335 e. The van der Waals surface area contributed by atoms with E-state index in [9.17, 15) is 19.4 Å². The zero-order valence-electron chi connectivity index (χ0n) is 17.8. The number of aromatic nitrogens is 2. The zero-order valence-corrected chi connectivity index (χ0v) is 17.8. The molecule has 0 aliphatic carbocycles. The van der Waals surface area contributed by atoms with E-state index in [4.69, 9.17) is 5.26 Å². The standard InChI is InChI=1S/C25H19F2N3O3/c1-25(2,33)13-30-23-10-22(27)20(8-17(23)12-29-30)18-6-5-15(24(31)32)7-19(18)14-3-4-16(11-28)21(26)9-14/h3-10,12,33H,13H2,1-2H3,(H,31,32). The molecule has 0 radical (unpaired) electrons. The molecule has 6 nitrogen and oxygen atoms in total. The Hall–Kier alpha value is -4.09. The van der Waals surface area contributed by atoms with E-state index in [0.717, 1.165) is 6.07 Å². The number of aromatic carboxylic acids is 1. The van der Waals surface area contributed by atoms with Crippen molar-refractivity contribution < 1.29 is 23.8 Å². The first-order chi connectivity index (χ1) is 15.6. The molecular weight excluding hydrogens is 428 g/mol. The minimum absolute atomic E-state index is 0.0435. The van der Waals surface area contributed by atoms with Gasteiger partial charge in [0.2, 0.25) is 0 Å². The third-order valence-corrected chi connectivity index (χ3v) is 5.22. The summed E-state index contributed by atoms with van der Waals surface area (Å²) in [6.45, 7) is 3.41. The summed E-state index contributed by atoms with van der Waals surface area (Å²) in [5, 5.41) is 33.4. The summed E-state index contributed by atoms with van der Waals surface area (Å²) in [5.41, 5.74) is 0.405. The molecule has 0 fully saturated rings. The van der Waals surface area contributed by atoms with Crippen molar-refractivity contribution in [3.63, 3.8) is 0 Å². The molecule has 0 amide bonds. The van der Waals surface area contributed by atoms with E-state index in [-0.39, 0.29) is 23.2 Å². The molecule has 1 aromatic heterocycles. The lowest BCUT2D eigenvalue weighted by atomic mass is 9.91. The summed E-state index contributed by atoms with van der Waals surface area (Å²) in [5.74, 6) is -2.52. The lowest BCUT2D eigenvalue weighted by Gasteiger charge is -2.18. The second-order valence-electron chi connectivity index (χ2n) is 8.38. The number of rotatable bonds is 5. The Morgan fingerprint density at radius 3 is 2.45 bits per heavy atom. The largest absolute Gasteiger partial charge is 0.478 e. The molecule has 166 valence electrons. The predicted octanol–water partition coefficient (Wildman–Crippen LogP) is 4.99. The summed E-state index contributed by atoms with van der Waals surface area (Å²) in [4.78, 5) is 11.5. The van der Waals surface area contributed by atoms with Crippen molar-refractivity contribution in [2.24, 2.45) is 0 Å². The minimum atomic E-state index is -1.18. The van der Waals surface area contributed by atoms with Gasteiger partial charge in [0.1, 0.15) is 17.7 Å². The Kier molecular flexibility index (Phi) is 5.44. The SMILES string of the molecule is CC(C)(O)Cn1ncc2cc(-c3ccc(C(=O)O)cc3-c3ccc(C#N)c(F)c3)c(F)cc21. The first-order valence-corrected chi connectivity index (χ1v) is 10.0. The Bertz CT molecular complexity index is 1450. The monoisotopic (exact) mass is 447 g/mol. The van der Waals surface area contributed by atoms with Crippen LogP contribution in [0.25, 0.3) is 33.2 Å². The topological polar surface area (TPSA) is 99.1 Å². The fourth-order valence-corrected chi connectivity index (χ4v) is 3.72. The van der Waals surface area contributed by atoms with Crippen molar-refractivity contribution in [2.75, 3.05) is 0 Å². The summed E-state index contributed by atoms with van der Waals surface area (Å²) < 4.78 is 31.1. The Balaban J connectivity index is 1.92. The summed E-state index contributed by atoms with van der Waals surface area (Å²) in [6, 6.07) is 12.7. The highest BCUT2D eigenvalue weighted by atomic mass is 19.1. The van der Waals surface area contributed by atoms with Crippen LogP contribution in [0.1, 0.15) is 29.8 Å². The van der Waals surface area contributed by atoms with Crippen molar-refractivity contribution in [2.45, 2.75) is 26.0 Å². The number of carboxylic acids is 1. The van der Waals surface area contributed by atoms with Crippen LogP contribution in [-0.2, 0) is 6.54 Å². The van der Waals surface area contributed by atoms with E-state index in [1.807, 2.05) is 0 Å². The van der Waals surface area contributed by atoms with Gasteiger partial charge in [0.15, 0.2) is 0 Å². The van der Waals surface area contributed by atoms with Gasteiger partial charge >= 0.3 is 5.97 Å². The van der Waals surface area contributed by atoms with Gasteiger partial charge in [0.25, 0.3) is 0 Å². The fourth-order valence-electron chi connectivity index (χ4n) is 3.72. The number of nitrogens with zero attached hydrogens (tertiary/aromatic N) is 3. The molecule has 0 atom stereocenters. The van der Waals surface area contributed by atoms with Crippen LogP contribution in [0.5, 0.6) is 0 Å². The number of halogens is 2. The van der Waals surface area contributed by atoms with Crippen LogP contribution in [0, 0.1) is 23.0 Å². The summed E-state index contributed by atoms with van der Waals surface area (Å²) >= 11 is 0. The van der Waals surface area contributed by atoms with Crippen LogP contribution in [0.3, 0.4) is 0 Å². The van der Waals surface area contributed by atoms with E-state index in [1.165, 1.54) is 41.1 Å². The maximum atomic E-state index is 15.3. The lowest BCUT2D eigenvalue weighted by molar-refractivity contribution is 0.0590. The van der Waals surface area contributed by atoms with Crippen LogP contribution in [0.4, 0.5) is 8.78 Å². The molecule has 0 spiro atoms. The minimum Gasteiger partial charge on any atom is -0.478 e. The fraction of sp³-hybridized carbons (Fsp3) is 0.160. The van der Waals surface area contributed by atoms with Crippen LogP contribution in [0.15, 0.2) is 54.7 Å². The van der Waals surface area contributed by atoms with Gasteiger partial charge in [-0.25, -0.2) is 13.6 Å². The van der Waals surface area contributed by atoms with Crippen molar-refractivity contribution in [3.8, 4) is 28.3 Å². The van der Waals surface area contributed by atoms with Crippen molar-refractivity contribution >= 4 is 16.9 Å². The van der Waals surface area contributed by atoms with Crippen molar-refractivity contribution in [1.82, 2.24) is 9.78 Å². The summed E-state index contributed by atoms with van der Waals surface area (Å²) in [6.07, 6.45) is 1.55. The molecule has 4 rings (SSSR count). The number of aliphatic hydroxyl groups is 1. The van der Waals surface area contributed by atoms with E-state index in [2.05, 4.69) is 5.10 Å². The number of hydrogen-bond acceptors (Lipinski definition) is 4. The number of hydrogen-bond donors (Lipinski definition) is 2. The molecule has 1 heterocycles. The highest BCUT2D eigenvalue weighted by Crippen LogP contribution is 2.37. The van der Waals surface area contributed by atoms with Crippen molar-refractivity contribution in [3.05, 3.63) is 77.5 Å². The van der Waals surface area contributed by atoms with Crippen LogP contribution < -0.4 is 0 Å². The number of nitriles is 1. The van der Waals surface area contributed by atoms with Crippen LogP contribution in [-0.4, -0.2) is 31.6 Å². The third-order valence-electron chi connectivity index (χ3n) is 5.22. The van der Waals surface area contributed by atoms with Crippen LogP contribution >= 0.6 is 0 Å². The van der Waals surface area contributed by atoms with Gasteiger partial charge in [0.05, 0.1) is 35.0 Å². The highest BCUT2D eigenvalue weighted by Gasteiger charge is 2.20. The molecular formula is C25H19F2N3O3. The molecule has 2 N–H and O–H groups in total. The second-order valence-corrected chi connectivity index (χ2v) is 8.38. The Morgan fingerprint density at radius 2 is 1.82 bits per heavy atom.